The number of phenols is 1. The van der Waals surface area contributed by atoms with Crippen LogP contribution in [-0.4, -0.2) is 41.4 Å². The highest BCUT2D eigenvalue weighted by Gasteiger charge is 2.33. The quantitative estimate of drug-likeness (QED) is 0.408. The molecule has 0 aliphatic rings. The summed E-state index contributed by atoms with van der Waals surface area (Å²) < 4.78 is 11.6. The molecular weight excluding hydrogens is 386 g/mol. The zero-order chi connectivity index (χ0) is 21.7. The highest BCUT2D eigenvalue weighted by atomic mass is 16.5. The van der Waals surface area contributed by atoms with E-state index in [2.05, 4.69) is 0 Å². The van der Waals surface area contributed by atoms with Gasteiger partial charge in [0.15, 0.2) is 5.78 Å². The molecule has 0 aliphatic carbocycles. The molecule has 0 amide bonds. The van der Waals surface area contributed by atoms with Gasteiger partial charge in [-0.25, -0.2) is 9.59 Å². The summed E-state index contributed by atoms with van der Waals surface area (Å²) in [5.74, 6) is -1.62. The number of hydrogen-bond donors (Lipinski definition) is 1. The number of para-hydroxylation sites is 1. The molecule has 0 spiro atoms. The van der Waals surface area contributed by atoms with Gasteiger partial charge in [-0.1, -0.05) is 18.2 Å². The van der Waals surface area contributed by atoms with Crippen LogP contribution in [0.25, 0.3) is 27.7 Å². The van der Waals surface area contributed by atoms with Crippen molar-refractivity contribution in [2.45, 2.75) is 13.8 Å². The Morgan fingerprint density at radius 3 is 2.07 bits per heavy atom. The summed E-state index contributed by atoms with van der Waals surface area (Å²) in [6.45, 7) is 3.23. The van der Waals surface area contributed by atoms with Crippen molar-refractivity contribution in [1.29, 1.82) is 0 Å². The fraction of sp³-hybridized carbons (Fsp3) is 0.174. The molecule has 1 N–H and O–H groups in total. The van der Waals surface area contributed by atoms with Crippen LogP contribution in [0, 0.1) is 6.92 Å². The van der Waals surface area contributed by atoms with Crippen molar-refractivity contribution in [3.05, 3.63) is 58.7 Å². The Labute approximate surface area is 171 Å². The van der Waals surface area contributed by atoms with Gasteiger partial charge in [-0.2, -0.15) is 0 Å². The highest BCUT2D eigenvalue weighted by molar-refractivity contribution is 6.19. The first-order chi connectivity index (χ1) is 14.3. The number of Topliss-reactive ketones (excluding diaryl/α,β-unsaturated/α-hetero) is 1. The number of carbonyl (C=O) groups is 3. The number of nitrogens with zero attached hydrogens (tertiary/aromatic N) is 1. The molecule has 0 aliphatic heterocycles. The predicted octanol–water partition coefficient (Wildman–Crippen LogP) is 3.99. The standard InChI is InChI=1S/C23H19NO6/c1-11-9-16-14(12(2)25)10-15(13-7-5-6-8-17(13)26)21-19(23(28)30-4)18(22(27)29-3)20(11)24(16)21/h5-10,26H,1-4H3. The number of phenolic OH excluding ortho intramolecular Hbond substituents is 1. The lowest BCUT2D eigenvalue weighted by Crippen LogP contribution is -2.10. The maximum atomic E-state index is 12.8. The van der Waals surface area contributed by atoms with Crippen LogP contribution in [0.4, 0.5) is 0 Å². The van der Waals surface area contributed by atoms with Crippen LogP contribution in [0.15, 0.2) is 36.4 Å². The third-order valence-electron chi connectivity index (χ3n) is 5.31. The number of ether oxygens (including phenoxy) is 2. The molecule has 0 saturated heterocycles. The second-order valence-electron chi connectivity index (χ2n) is 7.02. The molecule has 4 aromatic rings. The number of ketones is 1. The van der Waals surface area contributed by atoms with Crippen molar-refractivity contribution in [1.82, 2.24) is 4.40 Å². The van der Waals surface area contributed by atoms with Crippen molar-refractivity contribution >= 4 is 34.3 Å². The Morgan fingerprint density at radius 2 is 1.50 bits per heavy atom. The lowest BCUT2D eigenvalue weighted by atomic mass is 9.97. The zero-order valence-electron chi connectivity index (χ0n) is 16.9. The summed E-state index contributed by atoms with van der Waals surface area (Å²) in [7, 11) is 2.46. The Bertz CT molecular complexity index is 1350. The van der Waals surface area contributed by atoms with Gasteiger partial charge in [-0.3, -0.25) is 4.79 Å². The Kier molecular flexibility index (Phi) is 4.46. The maximum absolute atomic E-state index is 12.8. The number of aromatic nitrogens is 1. The van der Waals surface area contributed by atoms with E-state index in [9.17, 15) is 19.5 Å². The van der Waals surface area contributed by atoms with Gasteiger partial charge >= 0.3 is 11.9 Å². The van der Waals surface area contributed by atoms with Crippen molar-refractivity contribution in [3.8, 4) is 16.9 Å². The molecule has 0 fully saturated rings. The molecule has 0 saturated carbocycles. The van der Waals surface area contributed by atoms with Crippen LogP contribution >= 0.6 is 0 Å². The molecule has 0 radical (unpaired) electrons. The number of hydrogen-bond acceptors (Lipinski definition) is 6. The highest BCUT2D eigenvalue weighted by Crippen LogP contribution is 2.42. The largest absolute Gasteiger partial charge is 0.507 e. The van der Waals surface area contributed by atoms with Crippen molar-refractivity contribution in [2.75, 3.05) is 14.2 Å². The van der Waals surface area contributed by atoms with E-state index < -0.39 is 11.9 Å². The topological polar surface area (TPSA) is 94.3 Å². The first-order valence-electron chi connectivity index (χ1n) is 9.21. The van der Waals surface area contributed by atoms with Crippen LogP contribution in [0.2, 0.25) is 0 Å². The molecule has 1 aromatic carbocycles. The van der Waals surface area contributed by atoms with E-state index in [0.29, 0.717) is 38.8 Å². The molecule has 7 heteroatoms. The third-order valence-corrected chi connectivity index (χ3v) is 5.31. The molecule has 0 unspecified atom stereocenters. The maximum Gasteiger partial charge on any atom is 0.340 e. The minimum absolute atomic E-state index is 0.0243. The first-order valence-corrected chi connectivity index (χ1v) is 9.21. The first kappa shape index (κ1) is 19.4. The molecule has 0 bridgehead atoms. The van der Waals surface area contributed by atoms with Gasteiger partial charge in [0.1, 0.15) is 16.9 Å². The number of methoxy groups -OCH3 is 2. The molecule has 152 valence electrons. The number of pyridine rings is 1. The SMILES string of the molecule is COC(=O)c1c(C(=O)OC)c2c(-c3ccccc3O)cc(C(C)=O)c3cc(C)c1n32. The van der Waals surface area contributed by atoms with Crippen molar-refractivity contribution in [2.24, 2.45) is 0 Å². The number of aromatic hydroxyl groups is 1. The second kappa shape index (κ2) is 6.88. The lowest BCUT2D eigenvalue weighted by molar-refractivity contribution is 0.0559. The van der Waals surface area contributed by atoms with E-state index >= 15 is 0 Å². The normalized spacial score (nSPS) is 11.2. The van der Waals surface area contributed by atoms with Gasteiger partial charge in [0.05, 0.1) is 30.8 Å². The fourth-order valence-electron chi connectivity index (χ4n) is 4.05. The minimum atomic E-state index is -0.716. The van der Waals surface area contributed by atoms with Crippen molar-refractivity contribution in [3.63, 3.8) is 0 Å². The van der Waals surface area contributed by atoms with Crippen LogP contribution in [0.1, 0.15) is 43.6 Å². The van der Waals surface area contributed by atoms with E-state index in [1.165, 1.54) is 27.2 Å². The fourth-order valence-corrected chi connectivity index (χ4v) is 4.05. The van der Waals surface area contributed by atoms with E-state index in [4.69, 9.17) is 9.47 Å². The third kappa shape index (κ3) is 2.55. The summed E-state index contributed by atoms with van der Waals surface area (Å²) in [6.07, 6.45) is 0. The number of aryl methyl sites for hydroxylation is 1. The van der Waals surface area contributed by atoms with E-state index in [0.717, 1.165) is 0 Å². The van der Waals surface area contributed by atoms with Gasteiger partial charge in [-0.05, 0) is 37.6 Å². The molecule has 4 rings (SSSR count). The van der Waals surface area contributed by atoms with E-state index in [1.54, 1.807) is 41.7 Å². The molecule has 0 atom stereocenters. The average molecular weight is 405 g/mol. The van der Waals surface area contributed by atoms with Gasteiger partial charge in [0.2, 0.25) is 0 Å². The Balaban J connectivity index is 2.34. The Morgan fingerprint density at radius 1 is 0.900 bits per heavy atom. The van der Waals surface area contributed by atoms with E-state index in [-0.39, 0.29) is 22.7 Å². The lowest BCUT2D eigenvalue weighted by Gasteiger charge is -2.12. The zero-order valence-corrected chi connectivity index (χ0v) is 16.9. The summed E-state index contributed by atoms with van der Waals surface area (Å²) in [6, 6.07) is 10.0. The summed E-state index contributed by atoms with van der Waals surface area (Å²) in [5, 5.41) is 10.5. The Hall–Kier alpha value is -3.87. The van der Waals surface area contributed by atoms with Crippen LogP contribution in [0.5, 0.6) is 5.75 Å². The number of carbonyl (C=O) groups excluding carboxylic acids is 3. The number of benzene rings is 1. The van der Waals surface area contributed by atoms with Crippen LogP contribution in [0.3, 0.4) is 0 Å². The van der Waals surface area contributed by atoms with Gasteiger partial charge in [0, 0.05) is 16.7 Å². The summed E-state index contributed by atoms with van der Waals surface area (Å²) >= 11 is 0. The predicted molar refractivity (Wildman–Crippen MR) is 111 cm³/mol. The van der Waals surface area contributed by atoms with Gasteiger partial charge in [0.25, 0.3) is 0 Å². The second-order valence-corrected chi connectivity index (χ2v) is 7.02. The average Bonchev–Trinajstić information content (AvgIpc) is 3.26. The minimum Gasteiger partial charge on any atom is -0.507 e. The number of rotatable bonds is 4. The molecule has 7 nitrogen and oxygen atoms in total. The van der Waals surface area contributed by atoms with Crippen molar-refractivity contribution < 1.29 is 29.0 Å². The van der Waals surface area contributed by atoms with Crippen LogP contribution < -0.4 is 0 Å². The smallest absolute Gasteiger partial charge is 0.340 e. The number of esters is 2. The van der Waals surface area contributed by atoms with E-state index in [1.807, 2.05) is 0 Å². The van der Waals surface area contributed by atoms with Gasteiger partial charge in [-0.15, -0.1) is 0 Å². The molecule has 3 heterocycles. The molecule has 3 aromatic heterocycles. The summed E-state index contributed by atoms with van der Waals surface area (Å²) in [4.78, 5) is 38.0. The summed E-state index contributed by atoms with van der Waals surface area (Å²) in [5.41, 5.74) is 3.44. The molecular formula is C23H19NO6. The van der Waals surface area contributed by atoms with Gasteiger partial charge < -0.3 is 19.0 Å². The molecule has 30 heavy (non-hydrogen) atoms. The monoisotopic (exact) mass is 405 g/mol. The van der Waals surface area contributed by atoms with Crippen LogP contribution in [-0.2, 0) is 9.47 Å².